The molecule has 9 nitrogen and oxygen atoms in total. The maximum absolute atomic E-state index is 14.1. The minimum absolute atomic E-state index is 0.0781. The van der Waals surface area contributed by atoms with Gasteiger partial charge in [0.05, 0.1) is 18.7 Å². The van der Waals surface area contributed by atoms with Crippen LogP contribution in [-0.4, -0.2) is 58.0 Å². The molecule has 2 heterocycles. The summed E-state index contributed by atoms with van der Waals surface area (Å²) in [6.45, 7) is 2.92. The fraction of sp³-hybridized carbons (Fsp3) is 0.212. The summed E-state index contributed by atoms with van der Waals surface area (Å²) in [7, 11) is 0. The Morgan fingerprint density at radius 1 is 0.884 bits per heavy atom. The van der Waals surface area contributed by atoms with E-state index in [1.54, 1.807) is 12.1 Å². The van der Waals surface area contributed by atoms with Crippen LogP contribution in [0.15, 0.2) is 103 Å². The van der Waals surface area contributed by atoms with Crippen molar-refractivity contribution < 1.29 is 18.7 Å². The van der Waals surface area contributed by atoms with Gasteiger partial charge in [0.2, 0.25) is 5.91 Å². The monoisotopic (exact) mass is 578 g/mol. The van der Waals surface area contributed by atoms with Gasteiger partial charge < -0.3 is 19.9 Å². The first-order valence-electron chi connectivity index (χ1n) is 14.2. The van der Waals surface area contributed by atoms with E-state index in [1.807, 2.05) is 78.9 Å². The third-order valence-corrected chi connectivity index (χ3v) is 7.48. The van der Waals surface area contributed by atoms with Gasteiger partial charge in [-0.15, -0.1) is 5.10 Å². The Bertz CT molecular complexity index is 1690. The van der Waals surface area contributed by atoms with Crippen LogP contribution in [0.2, 0.25) is 0 Å². The van der Waals surface area contributed by atoms with E-state index in [9.17, 15) is 14.0 Å². The number of amides is 2. The maximum Gasteiger partial charge on any atom is 0.251 e. The fourth-order valence-electron chi connectivity index (χ4n) is 5.26. The van der Waals surface area contributed by atoms with Crippen LogP contribution in [0, 0.1) is 5.82 Å². The zero-order valence-electron chi connectivity index (χ0n) is 23.5. The second-order valence-electron chi connectivity index (χ2n) is 10.3. The lowest BCUT2D eigenvalue weighted by atomic mass is 10.0. The molecule has 1 aliphatic heterocycles. The Hall–Kier alpha value is -5.09. The average Bonchev–Trinajstić information content (AvgIpc) is 3.45. The van der Waals surface area contributed by atoms with Crippen molar-refractivity contribution in [2.24, 2.45) is 0 Å². The summed E-state index contributed by atoms with van der Waals surface area (Å²) in [4.78, 5) is 31.9. The van der Waals surface area contributed by atoms with E-state index in [-0.39, 0.29) is 30.7 Å². The summed E-state index contributed by atoms with van der Waals surface area (Å²) in [6, 6.07) is 29.1. The molecular formula is C33H31FN6O3. The number of halogens is 1. The maximum atomic E-state index is 14.1. The molecule has 1 aromatic heterocycles. The lowest BCUT2D eigenvalue weighted by Gasteiger charge is -2.32. The number of aromatic nitrogens is 3. The van der Waals surface area contributed by atoms with Crippen LogP contribution < -0.4 is 10.2 Å². The third-order valence-electron chi connectivity index (χ3n) is 7.48. The highest BCUT2D eigenvalue weighted by molar-refractivity contribution is 5.98. The highest BCUT2D eigenvalue weighted by atomic mass is 19.1. The highest BCUT2D eigenvalue weighted by Gasteiger charge is 2.32. The zero-order chi connectivity index (χ0) is 29.6. The van der Waals surface area contributed by atoms with Crippen molar-refractivity contribution in [1.82, 2.24) is 19.9 Å². The van der Waals surface area contributed by atoms with E-state index in [0.717, 1.165) is 18.8 Å². The van der Waals surface area contributed by atoms with E-state index >= 15 is 0 Å². The van der Waals surface area contributed by atoms with Gasteiger partial charge in [0.15, 0.2) is 0 Å². The molecule has 0 unspecified atom stereocenters. The number of nitrogens with zero attached hydrogens (tertiary/aromatic N) is 5. The topological polar surface area (TPSA) is 92.6 Å². The molecule has 1 saturated heterocycles. The molecule has 1 N–H and O–H groups in total. The number of rotatable bonds is 9. The van der Waals surface area contributed by atoms with Gasteiger partial charge >= 0.3 is 0 Å². The number of carbonyl (C=O) groups excluding carboxylic acids is 2. The van der Waals surface area contributed by atoms with Gasteiger partial charge in [0.1, 0.15) is 23.9 Å². The van der Waals surface area contributed by atoms with Crippen LogP contribution >= 0.6 is 0 Å². The van der Waals surface area contributed by atoms with Gasteiger partial charge in [0.25, 0.3) is 5.91 Å². The number of anilines is 2. The number of hydrogen-bond acceptors (Lipinski definition) is 6. The predicted octanol–water partition coefficient (Wildman–Crippen LogP) is 4.82. The number of benzene rings is 4. The van der Waals surface area contributed by atoms with Gasteiger partial charge in [-0.05, 0) is 59.7 Å². The molecule has 0 radical (unpaired) electrons. The van der Waals surface area contributed by atoms with Crippen molar-refractivity contribution in [1.29, 1.82) is 0 Å². The number of fused-ring (bicyclic) bond motifs is 1. The van der Waals surface area contributed by atoms with Gasteiger partial charge in [-0.2, -0.15) is 0 Å². The lowest BCUT2D eigenvalue weighted by molar-refractivity contribution is -0.140. The van der Waals surface area contributed by atoms with Crippen LogP contribution in [0.25, 0.3) is 11.0 Å². The summed E-state index contributed by atoms with van der Waals surface area (Å²) in [5.74, 6) is -1.09. The Kier molecular flexibility index (Phi) is 8.37. The highest BCUT2D eigenvalue weighted by Crippen LogP contribution is 2.27. The minimum atomic E-state index is -0.979. The molecule has 0 aliphatic carbocycles. The van der Waals surface area contributed by atoms with Crippen LogP contribution in [0.1, 0.15) is 17.2 Å². The fourth-order valence-corrected chi connectivity index (χ4v) is 5.26. The number of ether oxygens (including phenoxy) is 1. The van der Waals surface area contributed by atoms with E-state index in [2.05, 4.69) is 20.5 Å². The van der Waals surface area contributed by atoms with Crippen LogP contribution in [0.5, 0.6) is 0 Å². The van der Waals surface area contributed by atoms with Crippen LogP contribution in [-0.2, 0) is 27.4 Å². The second kappa shape index (κ2) is 12.8. The van der Waals surface area contributed by atoms with Crippen molar-refractivity contribution in [3.05, 3.63) is 120 Å². The molecule has 0 saturated carbocycles. The zero-order valence-corrected chi connectivity index (χ0v) is 23.5. The molecule has 1 fully saturated rings. The number of morpholine rings is 1. The minimum Gasteiger partial charge on any atom is -0.378 e. The van der Waals surface area contributed by atoms with Crippen molar-refractivity contribution in [2.75, 3.05) is 36.5 Å². The average molecular weight is 579 g/mol. The number of para-hydroxylation sites is 1. The Labute approximate surface area is 248 Å². The Morgan fingerprint density at radius 2 is 1.58 bits per heavy atom. The lowest BCUT2D eigenvalue weighted by Crippen LogP contribution is -2.42. The molecule has 1 aliphatic rings. The molecule has 4 aromatic carbocycles. The summed E-state index contributed by atoms with van der Waals surface area (Å²) < 4.78 is 20.7. The van der Waals surface area contributed by atoms with Gasteiger partial charge in [-0.3, -0.25) is 9.59 Å². The van der Waals surface area contributed by atoms with Crippen LogP contribution in [0.3, 0.4) is 0 Å². The summed E-state index contributed by atoms with van der Waals surface area (Å²) in [6.07, 6.45) is 0. The number of nitrogens with one attached hydrogen (secondary N) is 1. The standard InChI is InChI=1S/C33H31FN6O3/c34-26-12-10-24(11-13-26)22-39(31(41)23-40-30-9-5-4-8-29(30)36-37-40)32(25-6-2-1-3-7-25)33(42)35-27-14-16-28(17-15-27)38-18-20-43-21-19-38/h1-17,32H,18-23H2,(H,35,42)/t32-/m0/s1. The quantitative estimate of drug-likeness (QED) is 0.270. The molecule has 10 heteroatoms. The number of carbonyl (C=O) groups is 2. The van der Waals surface area contributed by atoms with Crippen molar-refractivity contribution >= 4 is 34.2 Å². The first kappa shape index (κ1) is 28.0. The third kappa shape index (κ3) is 6.54. The summed E-state index contributed by atoms with van der Waals surface area (Å²) in [5.41, 5.74) is 4.36. The first-order valence-corrected chi connectivity index (χ1v) is 14.2. The summed E-state index contributed by atoms with van der Waals surface area (Å²) >= 11 is 0. The summed E-state index contributed by atoms with van der Waals surface area (Å²) in [5, 5.41) is 11.4. The largest absolute Gasteiger partial charge is 0.378 e. The van der Waals surface area contributed by atoms with Gasteiger partial charge in [-0.25, -0.2) is 9.07 Å². The molecule has 2 amide bonds. The van der Waals surface area contributed by atoms with E-state index in [4.69, 9.17) is 4.74 Å². The molecule has 218 valence electrons. The predicted molar refractivity (Wildman–Crippen MR) is 162 cm³/mol. The van der Waals surface area contributed by atoms with Crippen molar-refractivity contribution in [2.45, 2.75) is 19.1 Å². The molecular weight excluding hydrogens is 547 g/mol. The normalized spacial score (nSPS) is 13.9. The molecule has 1 atom stereocenters. The van der Waals surface area contributed by atoms with E-state index in [0.29, 0.717) is 41.1 Å². The van der Waals surface area contributed by atoms with E-state index < -0.39 is 6.04 Å². The van der Waals surface area contributed by atoms with Crippen molar-refractivity contribution in [3.8, 4) is 0 Å². The second-order valence-corrected chi connectivity index (χ2v) is 10.3. The van der Waals surface area contributed by atoms with Gasteiger partial charge in [-0.1, -0.05) is 59.8 Å². The van der Waals surface area contributed by atoms with Gasteiger partial charge in [0, 0.05) is 31.0 Å². The van der Waals surface area contributed by atoms with Crippen molar-refractivity contribution in [3.63, 3.8) is 0 Å². The smallest absolute Gasteiger partial charge is 0.251 e. The van der Waals surface area contributed by atoms with E-state index in [1.165, 1.54) is 21.7 Å². The number of hydrogen-bond donors (Lipinski definition) is 1. The first-order chi connectivity index (χ1) is 21.0. The SMILES string of the molecule is O=C(Nc1ccc(N2CCOCC2)cc1)[C@H](c1ccccc1)N(Cc1ccc(F)cc1)C(=O)Cn1nnc2ccccc21. The Morgan fingerprint density at radius 3 is 2.33 bits per heavy atom. The molecule has 5 aromatic rings. The molecule has 0 bridgehead atoms. The molecule has 6 rings (SSSR count). The van der Waals surface area contributed by atoms with Crippen LogP contribution in [0.4, 0.5) is 15.8 Å². The molecule has 0 spiro atoms. The Balaban J connectivity index is 1.31. The molecule has 43 heavy (non-hydrogen) atoms.